The van der Waals surface area contributed by atoms with Gasteiger partial charge in [-0.2, -0.15) is 0 Å². The molecule has 0 aliphatic heterocycles. The Morgan fingerprint density at radius 1 is 1.46 bits per heavy atom. The number of nitrogens with two attached hydrogens (primary N) is 1. The molecule has 2 nitrogen and oxygen atoms in total. The zero-order valence-corrected chi connectivity index (χ0v) is 9.67. The maximum atomic E-state index is 6.08. The number of rotatable bonds is 4. The number of halogens is 1. The smallest absolute Gasteiger partial charge is 0.134 e. The number of hydrogen-bond donors (Lipinski definition) is 1. The highest BCUT2D eigenvalue weighted by molar-refractivity contribution is 9.10. The summed E-state index contributed by atoms with van der Waals surface area (Å²) >= 11 is 3.42. The molecule has 13 heavy (non-hydrogen) atoms. The highest BCUT2D eigenvalue weighted by Gasteiger charge is 2.20. The molecule has 1 heterocycles. The molecule has 0 bridgehead atoms. The topological polar surface area (TPSA) is 39.2 Å². The van der Waals surface area contributed by atoms with E-state index >= 15 is 0 Å². The van der Waals surface area contributed by atoms with Crippen LogP contribution >= 0.6 is 15.9 Å². The van der Waals surface area contributed by atoms with Crippen molar-refractivity contribution in [1.29, 1.82) is 0 Å². The second-order valence-corrected chi connectivity index (χ2v) is 4.09. The average Bonchev–Trinajstić information content (AvgIpc) is 2.53. The van der Waals surface area contributed by atoms with Crippen molar-refractivity contribution in [3.05, 3.63) is 22.6 Å². The SMILES string of the molecule is CCC(CC)C(N)c1occc1Br. The predicted molar refractivity (Wildman–Crippen MR) is 57.4 cm³/mol. The van der Waals surface area contributed by atoms with E-state index in [9.17, 15) is 0 Å². The molecule has 74 valence electrons. The standard InChI is InChI=1S/C10H16BrNO/c1-3-7(4-2)9(12)10-8(11)5-6-13-10/h5-7,9H,3-4,12H2,1-2H3. The van der Waals surface area contributed by atoms with Gasteiger partial charge in [0.1, 0.15) is 5.76 Å². The lowest BCUT2D eigenvalue weighted by molar-refractivity contribution is 0.345. The zero-order chi connectivity index (χ0) is 9.84. The van der Waals surface area contributed by atoms with E-state index in [0.29, 0.717) is 5.92 Å². The monoisotopic (exact) mass is 245 g/mol. The van der Waals surface area contributed by atoms with Crippen LogP contribution in [0.4, 0.5) is 0 Å². The van der Waals surface area contributed by atoms with Crippen molar-refractivity contribution < 1.29 is 4.42 Å². The van der Waals surface area contributed by atoms with Gasteiger partial charge in [-0.15, -0.1) is 0 Å². The van der Waals surface area contributed by atoms with Crippen LogP contribution in [0.1, 0.15) is 38.5 Å². The molecule has 0 amide bonds. The average molecular weight is 246 g/mol. The summed E-state index contributed by atoms with van der Waals surface area (Å²) in [5.41, 5.74) is 6.08. The summed E-state index contributed by atoms with van der Waals surface area (Å²) in [6.07, 6.45) is 3.84. The molecule has 1 rings (SSSR count). The Labute approximate surface area is 87.6 Å². The summed E-state index contributed by atoms with van der Waals surface area (Å²) in [7, 11) is 0. The maximum absolute atomic E-state index is 6.08. The van der Waals surface area contributed by atoms with Crippen LogP contribution in [0.2, 0.25) is 0 Å². The summed E-state index contributed by atoms with van der Waals surface area (Å²) in [4.78, 5) is 0. The van der Waals surface area contributed by atoms with Gasteiger partial charge >= 0.3 is 0 Å². The van der Waals surface area contributed by atoms with Crippen LogP contribution in [0.3, 0.4) is 0 Å². The minimum absolute atomic E-state index is 0.0133. The van der Waals surface area contributed by atoms with Crippen molar-refractivity contribution >= 4 is 15.9 Å². The van der Waals surface area contributed by atoms with Gasteiger partial charge in [0.15, 0.2) is 0 Å². The number of hydrogen-bond acceptors (Lipinski definition) is 2. The van der Waals surface area contributed by atoms with Gasteiger partial charge in [0.25, 0.3) is 0 Å². The Morgan fingerprint density at radius 3 is 2.46 bits per heavy atom. The van der Waals surface area contributed by atoms with Crippen molar-refractivity contribution in [1.82, 2.24) is 0 Å². The first-order chi connectivity index (χ1) is 6.20. The van der Waals surface area contributed by atoms with Gasteiger partial charge in [-0.25, -0.2) is 0 Å². The fourth-order valence-corrected chi connectivity index (χ4v) is 2.02. The summed E-state index contributed by atoms with van der Waals surface area (Å²) in [6, 6.07) is 1.90. The van der Waals surface area contributed by atoms with E-state index in [1.165, 1.54) is 0 Å². The lowest BCUT2D eigenvalue weighted by atomic mass is 9.93. The molecule has 1 aromatic rings. The van der Waals surface area contributed by atoms with Gasteiger partial charge < -0.3 is 10.2 Å². The first-order valence-corrected chi connectivity index (χ1v) is 5.48. The normalized spacial score (nSPS) is 13.6. The molecule has 0 aliphatic carbocycles. The Kier molecular flexibility index (Phi) is 4.00. The fourth-order valence-electron chi connectivity index (χ4n) is 1.55. The highest BCUT2D eigenvalue weighted by Crippen LogP contribution is 2.30. The van der Waals surface area contributed by atoms with Crippen molar-refractivity contribution in [3.8, 4) is 0 Å². The van der Waals surface area contributed by atoms with E-state index in [-0.39, 0.29) is 6.04 Å². The molecule has 1 unspecified atom stereocenters. The molecular formula is C10H16BrNO. The van der Waals surface area contributed by atoms with Crippen LogP contribution in [-0.4, -0.2) is 0 Å². The summed E-state index contributed by atoms with van der Waals surface area (Å²) in [6.45, 7) is 4.32. The van der Waals surface area contributed by atoms with Crippen LogP contribution in [0.5, 0.6) is 0 Å². The van der Waals surface area contributed by atoms with E-state index in [0.717, 1.165) is 23.1 Å². The van der Waals surface area contributed by atoms with Gasteiger partial charge in [0, 0.05) is 0 Å². The Morgan fingerprint density at radius 2 is 2.08 bits per heavy atom. The molecule has 0 fully saturated rings. The Balaban J connectivity index is 2.77. The molecule has 0 aliphatic rings. The Bertz CT molecular complexity index is 255. The van der Waals surface area contributed by atoms with Crippen molar-refractivity contribution in [3.63, 3.8) is 0 Å². The highest BCUT2D eigenvalue weighted by atomic mass is 79.9. The summed E-state index contributed by atoms with van der Waals surface area (Å²) in [5.74, 6) is 1.37. The molecule has 1 atom stereocenters. The van der Waals surface area contributed by atoms with Crippen LogP contribution < -0.4 is 5.73 Å². The maximum Gasteiger partial charge on any atom is 0.134 e. The summed E-state index contributed by atoms with van der Waals surface area (Å²) < 4.78 is 6.32. The lowest BCUT2D eigenvalue weighted by Crippen LogP contribution is -2.20. The van der Waals surface area contributed by atoms with Gasteiger partial charge in [-0.1, -0.05) is 26.7 Å². The molecule has 0 saturated heterocycles. The first kappa shape index (κ1) is 10.8. The Hall–Kier alpha value is -0.280. The van der Waals surface area contributed by atoms with Gasteiger partial charge in [-0.3, -0.25) is 0 Å². The van der Waals surface area contributed by atoms with Gasteiger partial charge in [-0.05, 0) is 27.9 Å². The second-order valence-electron chi connectivity index (χ2n) is 3.24. The van der Waals surface area contributed by atoms with Gasteiger partial charge in [0.05, 0.1) is 16.8 Å². The van der Waals surface area contributed by atoms with Crippen LogP contribution in [0.15, 0.2) is 21.2 Å². The van der Waals surface area contributed by atoms with E-state index in [2.05, 4.69) is 29.8 Å². The largest absolute Gasteiger partial charge is 0.466 e. The van der Waals surface area contributed by atoms with E-state index in [4.69, 9.17) is 10.2 Å². The van der Waals surface area contributed by atoms with Crippen molar-refractivity contribution in [2.75, 3.05) is 0 Å². The molecule has 1 aromatic heterocycles. The van der Waals surface area contributed by atoms with Crippen LogP contribution in [0.25, 0.3) is 0 Å². The third-order valence-electron chi connectivity index (χ3n) is 2.50. The van der Waals surface area contributed by atoms with Crippen LogP contribution in [-0.2, 0) is 0 Å². The molecule has 0 aromatic carbocycles. The van der Waals surface area contributed by atoms with E-state index < -0.39 is 0 Å². The molecule has 0 spiro atoms. The van der Waals surface area contributed by atoms with Gasteiger partial charge in [0.2, 0.25) is 0 Å². The third-order valence-corrected chi connectivity index (χ3v) is 3.16. The van der Waals surface area contributed by atoms with E-state index in [1.807, 2.05) is 6.07 Å². The minimum atomic E-state index is 0.0133. The summed E-state index contributed by atoms with van der Waals surface area (Å²) in [5, 5.41) is 0. The predicted octanol–water partition coefficient (Wildman–Crippen LogP) is 3.48. The van der Waals surface area contributed by atoms with E-state index in [1.54, 1.807) is 6.26 Å². The lowest BCUT2D eigenvalue weighted by Gasteiger charge is -2.19. The van der Waals surface area contributed by atoms with Crippen LogP contribution in [0, 0.1) is 5.92 Å². The number of furan rings is 1. The quantitative estimate of drug-likeness (QED) is 0.883. The molecular weight excluding hydrogens is 230 g/mol. The van der Waals surface area contributed by atoms with Crippen molar-refractivity contribution in [2.45, 2.75) is 32.7 Å². The van der Waals surface area contributed by atoms with Crippen molar-refractivity contribution in [2.24, 2.45) is 11.7 Å². The molecule has 3 heteroatoms. The first-order valence-electron chi connectivity index (χ1n) is 4.69. The molecule has 2 N–H and O–H groups in total. The minimum Gasteiger partial charge on any atom is -0.466 e. The molecule has 0 saturated carbocycles. The second kappa shape index (κ2) is 4.82. The fraction of sp³-hybridized carbons (Fsp3) is 0.600. The molecule has 0 radical (unpaired) electrons. The zero-order valence-electron chi connectivity index (χ0n) is 8.09. The third kappa shape index (κ3) is 2.35.